The second-order valence-corrected chi connectivity index (χ2v) is 5.72. The summed E-state index contributed by atoms with van der Waals surface area (Å²) in [6.45, 7) is 9.54. The van der Waals surface area contributed by atoms with E-state index in [1.807, 2.05) is 0 Å². The molecular formula is C11H19N3O2. The molecule has 0 spiro atoms. The Hall–Kier alpha value is -1.39. The van der Waals surface area contributed by atoms with Gasteiger partial charge < -0.3 is 9.67 Å². The lowest BCUT2D eigenvalue weighted by Gasteiger charge is -2.25. The summed E-state index contributed by atoms with van der Waals surface area (Å²) in [5.41, 5.74) is -0.955. The van der Waals surface area contributed by atoms with E-state index in [-0.39, 0.29) is 5.41 Å². The molecule has 5 nitrogen and oxygen atoms in total. The molecule has 1 aromatic heterocycles. The fourth-order valence-corrected chi connectivity index (χ4v) is 1.42. The highest BCUT2D eigenvalue weighted by molar-refractivity contribution is 5.75. The molecule has 0 saturated heterocycles. The first-order chi connectivity index (χ1) is 7.14. The van der Waals surface area contributed by atoms with E-state index in [2.05, 4.69) is 31.0 Å². The van der Waals surface area contributed by atoms with E-state index < -0.39 is 11.5 Å². The van der Waals surface area contributed by atoms with Gasteiger partial charge in [-0.3, -0.25) is 0 Å². The first-order valence-electron chi connectivity index (χ1n) is 5.27. The fourth-order valence-electron chi connectivity index (χ4n) is 1.42. The molecule has 0 amide bonds. The number of carboxylic acids is 1. The van der Waals surface area contributed by atoms with E-state index >= 15 is 0 Å². The van der Waals surface area contributed by atoms with Gasteiger partial charge >= 0.3 is 5.97 Å². The number of hydrogen-bond donors (Lipinski definition) is 1. The minimum Gasteiger partial charge on any atom is -0.480 e. The van der Waals surface area contributed by atoms with E-state index in [0.717, 1.165) is 0 Å². The molecule has 0 bridgehead atoms. The van der Waals surface area contributed by atoms with Gasteiger partial charge in [-0.05, 0) is 19.3 Å². The maximum atomic E-state index is 11.2. The molecule has 0 aromatic carbocycles. The Morgan fingerprint density at radius 2 is 1.94 bits per heavy atom. The van der Waals surface area contributed by atoms with Gasteiger partial charge in [0, 0.05) is 6.42 Å². The molecule has 1 aromatic rings. The van der Waals surface area contributed by atoms with Crippen molar-refractivity contribution in [2.45, 2.75) is 46.6 Å². The minimum absolute atomic E-state index is 0.0549. The molecule has 0 saturated carbocycles. The number of aromatic nitrogens is 3. The van der Waals surface area contributed by atoms with Crippen LogP contribution < -0.4 is 0 Å². The zero-order valence-electron chi connectivity index (χ0n) is 10.5. The average molecular weight is 225 g/mol. The Bertz CT molecular complexity index is 388. The second-order valence-electron chi connectivity index (χ2n) is 5.72. The van der Waals surface area contributed by atoms with Crippen LogP contribution in [0.1, 0.15) is 40.4 Å². The summed E-state index contributed by atoms with van der Waals surface area (Å²) in [5, 5.41) is 17.0. The van der Waals surface area contributed by atoms with Gasteiger partial charge in [0.05, 0.1) is 0 Å². The van der Waals surface area contributed by atoms with Crippen LogP contribution in [-0.4, -0.2) is 25.8 Å². The molecule has 0 aliphatic rings. The lowest BCUT2D eigenvalue weighted by Crippen LogP contribution is -2.37. The van der Waals surface area contributed by atoms with Gasteiger partial charge in [0.1, 0.15) is 17.7 Å². The predicted molar refractivity (Wildman–Crippen MR) is 60.1 cm³/mol. The van der Waals surface area contributed by atoms with Gasteiger partial charge in [-0.1, -0.05) is 20.8 Å². The minimum atomic E-state index is -1.01. The highest BCUT2D eigenvalue weighted by atomic mass is 16.4. The molecule has 0 aliphatic heterocycles. The number of rotatable bonds is 3. The standard InChI is InChI=1S/C11H19N3O2/c1-10(2,3)6-8-13-12-7-14(8)11(4,5)9(15)16/h7H,6H2,1-5H3,(H,15,16). The molecule has 1 heterocycles. The molecule has 0 atom stereocenters. The first-order valence-corrected chi connectivity index (χ1v) is 5.27. The Balaban J connectivity index is 3.08. The zero-order valence-corrected chi connectivity index (χ0v) is 10.5. The Kier molecular flexibility index (Phi) is 3.08. The highest BCUT2D eigenvalue weighted by Gasteiger charge is 2.32. The van der Waals surface area contributed by atoms with Crippen LogP contribution in [0.5, 0.6) is 0 Å². The quantitative estimate of drug-likeness (QED) is 0.850. The molecule has 0 fully saturated rings. The fraction of sp³-hybridized carbons (Fsp3) is 0.727. The maximum absolute atomic E-state index is 11.2. The van der Waals surface area contributed by atoms with Crippen LogP contribution in [0.4, 0.5) is 0 Å². The van der Waals surface area contributed by atoms with Gasteiger partial charge in [0.25, 0.3) is 0 Å². The molecule has 0 unspecified atom stereocenters. The summed E-state index contributed by atoms with van der Waals surface area (Å²) in [6.07, 6.45) is 2.18. The summed E-state index contributed by atoms with van der Waals surface area (Å²) in [4.78, 5) is 11.2. The molecule has 90 valence electrons. The molecule has 1 rings (SSSR count). The van der Waals surface area contributed by atoms with Crippen LogP contribution >= 0.6 is 0 Å². The van der Waals surface area contributed by atoms with Crippen LogP contribution in [0.2, 0.25) is 0 Å². The molecule has 0 radical (unpaired) electrons. The van der Waals surface area contributed by atoms with E-state index in [0.29, 0.717) is 12.2 Å². The largest absolute Gasteiger partial charge is 0.480 e. The number of carbonyl (C=O) groups is 1. The van der Waals surface area contributed by atoms with Crippen molar-refractivity contribution in [2.24, 2.45) is 5.41 Å². The second kappa shape index (κ2) is 3.88. The van der Waals surface area contributed by atoms with Crippen molar-refractivity contribution in [3.8, 4) is 0 Å². The number of nitrogens with zero attached hydrogens (tertiary/aromatic N) is 3. The number of aliphatic carboxylic acids is 1. The molecule has 0 aliphatic carbocycles. The average Bonchev–Trinajstić information content (AvgIpc) is 2.49. The van der Waals surface area contributed by atoms with Crippen LogP contribution in [0.25, 0.3) is 0 Å². The first kappa shape index (κ1) is 12.7. The third-order valence-electron chi connectivity index (χ3n) is 2.43. The Labute approximate surface area is 95.5 Å². The number of hydrogen-bond acceptors (Lipinski definition) is 3. The number of carboxylic acid groups (broad SMARTS) is 1. The molecular weight excluding hydrogens is 206 g/mol. The summed E-state index contributed by atoms with van der Waals surface area (Å²) in [5.74, 6) is -0.178. The highest BCUT2D eigenvalue weighted by Crippen LogP contribution is 2.23. The monoisotopic (exact) mass is 225 g/mol. The van der Waals surface area contributed by atoms with Gasteiger partial charge in [-0.2, -0.15) is 0 Å². The van der Waals surface area contributed by atoms with Gasteiger partial charge in [0.15, 0.2) is 0 Å². The predicted octanol–water partition coefficient (Wildman–Crippen LogP) is 1.69. The van der Waals surface area contributed by atoms with E-state index in [1.54, 1.807) is 18.4 Å². The third-order valence-corrected chi connectivity index (χ3v) is 2.43. The molecule has 1 N–H and O–H groups in total. The summed E-state index contributed by atoms with van der Waals surface area (Å²) >= 11 is 0. The van der Waals surface area contributed by atoms with Gasteiger partial charge in [-0.15, -0.1) is 10.2 Å². The SMILES string of the molecule is CC(C)(C)Cc1nncn1C(C)(C)C(=O)O. The van der Waals surface area contributed by atoms with E-state index in [1.165, 1.54) is 6.33 Å². The maximum Gasteiger partial charge on any atom is 0.329 e. The van der Waals surface area contributed by atoms with Crippen LogP contribution in [0, 0.1) is 5.41 Å². The molecule has 5 heteroatoms. The lowest BCUT2D eigenvalue weighted by molar-refractivity contribution is -0.145. The van der Waals surface area contributed by atoms with E-state index in [4.69, 9.17) is 5.11 Å². The van der Waals surface area contributed by atoms with Crippen LogP contribution in [0.15, 0.2) is 6.33 Å². The third kappa shape index (κ3) is 2.59. The van der Waals surface area contributed by atoms with E-state index in [9.17, 15) is 4.79 Å². The lowest BCUT2D eigenvalue weighted by atomic mass is 9.91. The van der Waals surface area contributed by atoms with Crippen molar-refractivity contribution < 1.29 is 9.90 Å². The Morgan fingerprint density at radius 3 is 2.38 bits per heavy atom. The van der Waals surface area contributed by atoms with Gasteiger partial charge in [-0.25, -0.2) is 4.79 Å². The van der Waals surface area contributed by atoms with Crippen molar-refractivity contribution in [1.29, 1.82) is 0 Å². The van der Waals surface area contributed by atoms with Crippen molar-refractivity contribution in [1.82, 2.24) is 14.8 Å². The van der Waals surface area contributed by atoms with Gasteiger partial charge in [0.2, 0.25) is 0 Å². The van der Waals surface area contributed by atoms with Crippen LogP contribution in [0.3, 0.4) is 0 Å². The normalized spacial score (nSPS) is 12.8. The van der Waals surface area contributed by atoms with Crippen molar-refractivity contribution in [2.75, 3.05) is 0 Å². The van der Waals surface area contributed by atoms with Crippen molar-refractivity contribution in [3.63, 3.8) is 0 Å². The van der Waals surface area contributed by atoms with Crippen molar-refractivity contribution in [3.05, 3.63) is 12.2 Å². The van der Waals surface area contributed by atoms with Crippen molar-refractivity contribution >= 4 is 5.97 Å². The Morgan fingerprint density at radius 1 is 1.38 bits per heavy atom. The topological polar surface area (TPSA) is 68.0 Å². The smallest absolute Gasteiger partial charge is 0.329 e. The molecule has 16 heavy (non-hydrogen) atoms. The summed E-state index contributed by atoms with van der Waals surface area (Å²) in [6, 6.07) is 0. The zero-order chi connectivity index (χ0) is 12.6. The summed E-state index contributed by atoms with van der Waals surface area (Å²) < 4.78 is 1.63. The van der Waals surface area contributed by atoms with Crippen LogP contribution in [-0.2, 0) is 16.8 Å². The summed E-state index contributed by atoms with van der Waals surface area (Å²) in [7, 11) is 0.